The second kappa shape index (κ2) is 2.36. The molecule has 5 heteroatoms. The fourth-order valence-corrected chi connectivity index (χ4v) is 1.90. The Labute approximate surface area is 58.2 Å². The van der Waals surface area contributed by atoms with Crippen LogP contribution in [0.3, 0.4) is 0 Å². The van der Waals surface area contributed by atoms with Crippen molar-refractivity contribution in [3.05, 3.63) is 11.5 Å². The van der Waals surface area contributed by atoms with Gasteiger partial charge in [-0.1, -0.05) is 0 Å². The molecule has 0 saturated carbocycles. The van der Waals surface area contributed by atoms with Gasteiger partial charge in [-0.2, -0.15) is 4.99 Å². The predicted molar refractivity (Wildman–Crippen MR) is 34.8 cm³/mol. The average molecular weight is 159 g/mol. The number of hydrogen-bond donors (Lipinski definition) is 0. The lowest BCUT2D eigenvalue weighted by atomic mass is 10.4. The molecule has 0 aromatic carbocycles. The second-order valence-corrected chi connectivity index (χ2v) is 3.88. The third kappa shape index (κ3) is 1.52. The highest BCUT2D eigenvalue weighted by atomic mass is 32.2. The number of isocyanates is 1. The van der Waals surface area contributed by atoms with Crippen LogP contribution in [0.2, 0.25) is 0 Å². The maximum atomic E-state index is 10.6. The molecule has 10 heavy (non-hydrogen) atoms. The van der Waals surface area contributed by atoms with Crippen molar-refractivity contribution in [2.24, 2.45) is 4.99 Å². The van der Waals surface area contributed by atoms with Gasteiger partial charge < -0.3 is 0 Å². The number of nitrogens with zero attached hydrogens (tertiary/aromatic N) is 1. The quantitative estimate of drug-likeness (QED) is 0.387. The van der Waals surface area contributed by atoms with Crippen LogP contribution in [0.4, 0.5) is 0 Å². The van der Waals surface area contributed by atoms with Crippen LogP contribution in [0.25, 0.3) is 0 Å². The van der Waals surface area contributed by atoms with Crippen molar-refractivity contribution >= 4 is 15.9 Å². The van der Waals surface area contributed by atoms with E-state index in [2.05, 4.69) is 4.99 Å². The standard InChI is InChI=1S/C5H5NO3S/c7-4-6-5-1-2-10(8,9)3-5/h1-2,5H,3H2/t5-/m0/s1. The van der Waals surface area contributed by atoms with Crippen LogP contribution in [0.1, 0.15) is 0 Å². The molecule has 1 atom stereocenters. The van der Waals surface area contributed by atoms with Gasteiger partial charge in [0.2, 0.25) is 6.08 Å². The molecule has 0 radical (unpaired) electrons. The molecule has 1 aliphatic rings. The minimum absolute atomic E-state index is 0.0950. The molecule has 54 valence electrons. The summed E-state index contributed by atoms with van der Waals surface area (Å²) in [6.45, 7) is 0. The van der Waals surface area contributed by atoms with Gasteiger partial charge in [-0.15, -0.1) is 0 Å². The SMILES string of the molecule is O=C=N[C@H]1C=CS(=O)(=O)C1. The molecular weight excluding hydrogens is 154 g/mol. The van der Waals surface area contributed by atoms with E-state index in [0.29, 0.717) is 0 Å². The Morgan fingerprint density at radius 2 is 2.30 bits per heavy atom. The maximum absolute atomic E-state index is 10.6. The van der Waals surface area contributed by atoms with Gasteiger partial charge in [-0.3, -0.25) is 0 Å². The van der Waals surface area contributed by atoms with E-state index >= 15 is 0 Å². The van der Waals surface area contributed by atoms with Crippen LogP contribution in [0.5, 0.6) is 0 Å². The van der Waals surface area contributed by atoms with E-state index in [1.54, 1.807) is 0 Å². The highest BCUT2D eigenvalue weighted by Crippen LogP contribution is 2.09. The summed E-state index contributed by atoms with van der Waals surface area (Å²) in [4.78, 5) is 12.9. The van der Waals surface area contributed by atoms with Gasteiger partial charge in [0.15, 0.2) is 9.84 Å². The van der Waals surface area contributed by atoms with E-state index in [1.165, 1.54) is 12.2 Å². The summed E-state index contributed by atoms with van der Waals surface area (Å²) in [6, 6.07) is -0.512. The van der Waals surface area contributed by atoms with Crippen molar-refractivity contribution < 1.29 is 13.2 Å². The molecule has 1 aliphatic heterocycles. The van der Waals surface area contributed by atoms with Crippen molar-refractivity contribution in [1.82, 2.24) is 0 Å². The van der Waals surface area contributed by atoms with E-state index in [1.807, 2.05) is 0 Å². The summed E-state index contributed by atoms with van der Waals surface area (Å²) in [7, 11) is -3.07. The summed E-state index contributed by atoms with van der Waals surface area (Å²) < 4.78 is 21.3. The molecular formula is C5H5NO3S. The van der Waals surface area contributed by atoms with Crippen LogP contribution < -0.4 is 0 Å². The fraction of sp³-hybridized carbons (Fsp3) is 0.400. The molecule has 0 fully saturated rings. The van der Waals surface area contributed by atoms with E-state index < -0.39 is 15.9 Å². The summed E-state index contributed by atoms with van der Waals surface area (Å²) >= 11 is 0. The third-order valence-electron chi connectivity index (χ3n) is 1.13. The first-order valence-electron chi connectivity index (χ1n) is 2.62. The van der Waals surface area contributed by atoms with Crippen LogP contribution in [0, 0.1) is 0 Å². The summed E-state index contributed by atoms with van der Waals surface area (Å²) in [5, 5.41) is 1.07. The lowest BCUT2D eigenvalue weighted by Gasteiger charge is -1.91. The molecule has 0 aromatic heterocycles. The number of carbonyl (C=O) groups excluding carboxylic acids is 1. The Kier molecular flexibility index (Phi) is 1.70. The second-order valence-electron chi connectivity index (χ2n) is 1.95. The van der Waals surface area contributed by atoms with Crippen molar-refractivity contribution in [3.8, 4) is 0 Å². The van der Waals surface area contributed by atoms with E-state index in [-0.39, 0.29) is 5.75 Å². The normalized spacial score (nSPS) is 27.8. The van der Waals surface area contributed by atoms with Crippen molar-refractivity contribution in [2.75, 3.05) is 5.75 Å². The van der Waals surface area contributed by atoms with Crippen LogP contribution in [-0.4, -0.2) is 26.3 Å². The average Bonchev–Trinajstić information content (AvgIpc) is 2.12. The molecule has 0 aliphatic carbocycles. The first kappa shape index (κ1) is 7.18. The predicted octanol–water partition coefficient (Wildman–Crippen LogP) is -0.367. The zero-order chi connectivity index (χ0) is 7.61. The lowest BCUT2D eigenvalue weighted by molar-refractivity contribution is 0.561. The van der Waals surface area contributed by atoms with Crippen LogP contribution >= 0.6 is 0 Å². The van der Waals surface area contributed by atoms with Gasteiger partial charge >= 0.3 is 0 Å². The molecule has 4 nitrogen and oxygen atoms in total. The highest BCUT2D eigenvalue weighted by Gasteiger charge is 2.20. The molecule has 0 saturated heterocycles. The van der Waals surface area contributed by atoms with Crippen LogP contribution in [0.15, 0.2) is 16.5 Å². The van der Waals surface area contributed by atoms with Gasteiger partial charge in [0, 0.05) is 5.41 Å². The topological polar surface area (TPSA) is 63.6 Å². The first-order chi connectivity index (χ1) is 4.64. The zero-order valence-corrected chi connectivity index (χ0v) is 5.84. The number of aliphatic imine (C=N–C) groups is 1. The van der Waals surface area contributed by atoms with Crippen molar-refractivity contribution in [2.45, 2.75) is 6.04 Å². The smallest absolute Gasteiger partial charge is 0.224 e. The van der Waals surface area contributed by atoms with E-state index in [0.717, 1.165) is 5.41 Å². The Hall–Kier alpha value is -0.930. The molecule has 1 heterocycles. The van der Waals surface area contributed by atoms with Crippen molar-refractivity contribution in [3.63, 3.8) is 0 Å². The van der Waals surface area contributed by atoms with Gasteiger partial charge in [-0.25, -0.2) is 13.2 Å². The lowest BCUT2D eigenvalue weighted by Crippen LogP contribution is -2.07. The Bertz CT molecular complexity index is 297. The Morgan fingerprint density at radius 1 is 1.60 bits per heavy atom. The summed E-state index contributed by atoms with van der Waals surface area (Å²) in [5.41, 5.74) is 0. The highest BCUT2D eigenvalue weighted by molar-refractivity contribution is 7.94. The monoisotopic (exact) mass is 159 g/mol. The van der Waals surface area contributed by atoms with Gasteiger partial charge in [0.1, 0.15) is 0 Å². The number of sulfone groups is 1. The zero-order valence-electron chi connectivity index (χ0n) is 5.02. The van der Waals surface area contributed by atoms with E-state index in [9.17, 15) is 13.2 Å². The molecule has 0 unspecified atom stereocenters. The molecule has 0 aromatic rings. The number of hydrogen-bond acceptors (Lipinski definition) is 4. The molecule has 0 spiro atoms. The molecule has 0 bridgehead atoms. The van der Waals surface area contributed by atoms with Crippen LogP contribution in [-0.2, 0) is 14.6 Å². The largest absolute Gasteiger partial charge is 0.235 e. The fourth-order valence-electron chi connectivity index (χ4n) is 0.708. The van der Waals surface area contributed by atoms with E-state index in [4.69, 9.17) is 0 Å². The third-order valence-corrected chi connectivity index (χ3v) is 2.51. The Balaban J connectivity index is 2.81. The molecule has 1 rings (SSSR count). The maximum Gasteiger partial charge on any atom is 0.235 e. The van der Waals surface area contributed by atoms with Gasteiger partial charge in [-0.05, 0) is 6.08 Å². The van der Waals surface area contributed by atoms with Crippen molar-refractivity contribution in [1.29, 1.82) is 0 Å². The minimum atomic E-state index is -3.07. The minimum Gasteiger partial charge on any atom is -0.224 e. The summed E-state index contributed by atoms with van der Waals surface area (Å²) in [5.74, 6) is -0.0950. The molecule has 0 amide bonds. The number of rotatable bonds is 1. The van der Waals surface area contributed by atoms with Gasteiger partial charge in [0.25, 0.3) is 0 Å². The molecule has 0 N–H and O–H groups in total. The first-order valence-corrected chi connectivity index (χ1v) is 4.33. The Morgan fingerprint density at radius 3 is 2.70 bits per heavy atom. The summed E-state index contributed by atoms with van der Waals surface area (Å²) in [6.07, 6.45) is 2.68. The van der Waals surface area contributed by atoms with Gasteiger partial charge in [0.05, 0.1) is 11.8 Å².